The number of piperidine rings is 1. The van der Waals surface area contributed by atoms with Crippen LogP contribution in [0.3, 0.4) is 0 Å². The molecule has 1 saturated heterocycles. The van der Waals surface area contributed by atoms with Crippen LogP contribution in [0, 0.1) is 5.92 Å². The van der Waals surface area contributed by atoms with Crippen LogP contribution in [-0.4, -0.2) is 38.6 Å². The summed E-state index contributed by atoms with van der Waals surface area (Å²) in [7, 11) is 0. The standard InChI is InChI=1S/C20H25N5/c1-16-11-18(15-24(13-16)14-17-7-3-2-4-8-17)21-12-20-23-22-19-9-5-6-10-25(19)20/h2-10,16,18,21H,11-15H2,1H3/t16-,18-/m0/s1. The van der Waals surface area contributed by atoms with Crippen molar-refractivity contribution in [3.8, 4) is 0 Å². The molecule has 1 fully saturated rings. The van der Waals surface area contributed by atoms with Crippen molar-refractivity contribution in [1.82, 2.24) is 24.8 Å². The van der Waals surface area contributed by atoms with Gasteiger partial charge in [0.05, 0.1) is 6.54 Å². The Bertz CT molecular complexity index is 813. The number of nitrogens with one attached hydrogen (secondary N) is 1. The zero-order valence-corrected chi connectivity index (χ0v) is 14.7. The molecule has 3 aromatic rings. The predicted octanol–water partition coefficient (Wildman–Crippen LogP) is 2.73. The van der Waals surface area contributed by atoms with Crippen molar-refractivity contribution in [1.29, 1.82) is 0 Å². The number of aromatic nitrogens is 3. The van der Waals surface area contributed by atoms with Crippen molar-refractivity contribution in [2.75, 3.05) is 13.1 Å². The minimum Gasteiger partial charge on any atom is -0.306 e. The first kappa shape index (κ1) is 16.2. The molecule has 130 valence electrons. The zero-order chi connectivity index (χ0) is 17.1. The first-order chi connectivity index (χ1) is 12.3. The van der Waals surface area contributed by atoms with Gasteiger partial charge < -0.3 is 5.32 Å². The Morgan fingerprint density at radius 1 is 1.04 bits per heavy atom. The molecule has 4 rings (SSSR count). The van der Waals surface area contributed by atoms with Crippen LogP contribution in [-0.2, 0) is 13.1 Å². The first-order valence-corrected chi connectivity index (χ1v) is 9.06. The minimum absolute atomic E-state index is 0.489. The van der Waals surface area contributed by atoms with Crippen LogP contribution in [0.4, 0.5) is 0 Å². The number of fused-ring (bicyclic) bond motifs is 1. The van der Waals surface area contributed by atoms with Gasteiger partial charge in [0.25, 0.3) is 0 Å². The topological polar surface area (TPSA) is 45.5 Å². The lowest BCUT2D eigenvalue weighted by Gasteiger charge is -2.37. The Morgan fingerprint density at radius 2 is 1.88 bits per heavy atom. The van der Waals surface area contributed by atoms with E-state index in [1.807, 2.05) is 24.4 Å². The summed E-state index contributed by atoms with van der Waals surface area (Å²) in [5.74, 6) is 1.67. The Morgan fingerprint density at radius 3 is 2.76 bits per heavy atom. The highest BCUT2D eigenvalue weighted by atomic mass is 15.3. The second kappa shape index (κ2) is 7.33. The van der Waals surface area contributed by atoms with E-state index in [4.69, 9.17) is 0 Å². The van der Waals surface area contributed by atoms with E-state index in [1.54, 1.807) is 0 Å². The van der Waals surface area contributed by atoms with Gasteiger partial charge in [-0.25, -0.2) is 0 Å². The third-order valence-electron chi connectivity index (χ3n) is 4.92. The smallest absolute Gasteiger partial charge is 0.160 e. The van der Waals surface area contributed by atoms with Gasteiger partial charge in [-0.15, -0.1) is 10.2 Å². The van der Waals surface area contributed by atoms with E-state index in [9.17, 15) is 0 Å². The average molecular weight is 335 g/mol. The maximum atomic E-state index is 4.32. The lowest BCUT2D eigenvalue weighted by atomic mass is 9.95. The monoisotopic (exact) mass is 335 g/mol. The molecule has 1 aliphatic heterocycles. The van der Waals surface area contributed by atoms with Crippen molar-refractivity contribution >= 4 is 5.65 Å². The fourth-order valence-electron chi connectivity index (χ4n) is 3.83. The quantitative estimate of drug-likeness (QED) is 0.779. The van der Waals surface area contributed by atoms with Gasteiger partial charge in [-0.05, 0) is 30.0 Å². The minimum atomic E-state index is 0.489. The fraction of sp³-hybridized carbons (Fsp3) is 0.400. The number of nitrogens with zero attached hydrogens (tertiary/aromatic N) is 4. The molecule has 1 N–H and O–H groups in total. The van der Waals surface area contributed by atoms with Gasteiger partial charge in [0, 0.05) is 31.9 Å². The fourth-order valence-corrected chi connectivity index (χ4v) is 3.83. The summed E-state index contributed by atoms with van der Waals surface area (Å²) < 4.78 is 2.06. The molecule has 0 aliphatic carbocycles. The number of likely N-dealkylation sites (tertiary alicyclic amines) is 1. The highest BCUT2D eigenvalue weighted by molar-refractivity contribution is 5.36. The van der Waals surface area contributed by atoms with Gasteiger partial charge in [-0.3, -0.25) is 9.30 Å². The van der Waals surface area contributed by atoms with Gasteiger partial charge in [0.2, 0.25) is 0 Å². The summed E-state index contributed by atoms with van der Waals surface area (Å²) in [6, 6.07) is 17.2. The molecule has 2 atom stereocenters. The highest BCUT2D eigenvalue weighted by Gasteiger charge is 2.24. The molecule has 0 saturated carbocycles. The second-order valence-electron chi connectivity index (χ2n) is 7.14. The van der Waals surface area contributed by atoms with E-state index >= 15 is 0 Å². The van der Waals surface area contributed by atoms with Crippen molar-refractivity contribution in [2.24, 2.45) is 5.92 Å². The summed E-state index contributed by atoms with van der Waals surface area (Å²) in [5, 5.41) is 12.3. The molecule has 0 unspecified atom stereocenters. The Balaban J connectivity index is 1.38. The van der Waals surface area contributed by atoms with Crippen LogP contribution in [0.5, 0.6) is 0 Å². The molecule has 0 bridgehead atoms. The Labute approximate surface area is 148 Å². The Hall–Kier alpha value is -2.24. The van der Waals surface area contributed by atoms with E-state index < -0.39 is 0 Å². The number of hydrogen-bond donors (Lipinski definition) is 1. The number of benzene rings is 1. The van der Waals surface area contributed by atoms with Crippen LogP contribution in [0.25, 0.3) is 5.65 Å². The predicted molar refractivity (Wildman–Crippen MR) is 99.1 cm³/mol. The zero-order valence-electron chi connectivity index (χ0n) is 14.7. The SMILES string of the molecule is C[C@H]1C[C@H](NCc2nnc3ccccn23)CN(Cc2ccccc2)C1. The molecule has 3 heterocycles. The van der Waals surface area contributed by atoms with Gasteiger partial charge in [0.15, 0.2) is 11.5 Å². The maximum Gasteiger partial charge on any atom is 0.160 e. The number of pyridine rings is 1. The molecular weight excluding hydrogens is 310 g/mol. The van der Waals surface area contributed by atoms with Crippen LogP contribution in [0.2, 0.25) is 0 Å². The van der Waals surface area contributed by atoms with E-state index in [0.29, 0.717) is 12.0 Å². The lowest BCUT2D eigenvalue weighted by molar-refractivity contribution is 0.141. The number of hydrogen-bond acceptors (Lipinski definition) is 4. The lowest BCUT2D eigenvalue weighted by Crippen LogP contribution is -2.48. The van der Waals surface area contributed by atoms with E-state index in [-0.39, 0.29) is 0 Å². The normalized spacial score (nSPS) is 21.6. The highest BCUT2D eigenvalue weighted by Crippen LogP contribution is 2.19. The average Bonchev–Trinajstić information content (AvgIpc) is 3.04. The largest absolute Gasteiger partial charge is 0.306 e. The van der Waals surface area contributed by atoms with Gasteiger partial charge >= 0.3 is 0 Å². The molecule has 0 radical (unpaired) electrons. The van der Waals surface area contributed by atoms with Crippen molar-refractivity contribution < 1.29 is 0 Å². The van der Waals surface area contributed by atoms with Crippen LogP contribution >= 0.6 is 0 Å². The summed E-state index contributed by atoms with van der Waals surface area (Å²) in [6.07, 6.45) is 3.24. The van der Waals surface area contributed by atoms with E-state index in [2.05, 4.69) is 62.1 Å². The van der Waals surface area contributed by atoms with Crippen LogP contribution in [0.1, 0.15) is 24.7 Å². The molecule has 0 spiro atoms. The van der Waals surface area contributed by atoms with Gasteiger partial charge in [-0.1, -0.05) is 43.3 Å². The van der Waals surface area contributed by atoms with Gasteiger partial charge in [-0.2, -0.15) is 0 Å². The third-order valence-corrected chi connectivity index (χ3v) is 4.92. The summed E-state index contributed by atoms with van der Waals surface area (Å²) in [5.41, 5.74) is 2.29. The van der Waals surface area contributed by atoms with E-state index in [1.165, 1.54) is 18.5 Å². The Kier molecular flexibility index (Phi) is 4.76. The van der Waals surface area contributed by atoms with Gasteiger partial charge in [0.1, 0.15) is 0 Å². The maximum absolute atomic E-state index is 4.32. The summed E-state index contributed by atoms with van der Waals surface area (Å²) >= 11 is 0. The summed E-state index contributed by atoms with van der Waals surface area (Å²) in [4.78, 5) is 2.56. The van der Waals surface area contributed by atoms with Crippen LogP contribution < -0.4 is 5.32 Å². The summed E-state index contributed by atoms with van der Waals surface area (Å²) in [6.45, 7) is 6.37. The van der Waals surface area contributed by atoms with E-state index in [0.717, 1.165) is 31.1 Å². The molecule has 5 nitrogen and oxygen atoms in total. The van der Waals surface area contributed by atoms with Crippen molar-refractivity contribution in [3.05, 3.63) is 66.1 Å². The molecule has 1 aromatic carbocycles. The first-order valence-electron chi connectivity index (χ1n) is 9.06. The molecule has 2 aromatic heterocycles. The third kappa shape index (κ3) is 3.89. The van der Waals surface area contributed by atoms with Crippen molar-refractivity contribution in [3.63, 3.8) is 0 Å². The molecule has 1 aliphatic rings. The number of rotatable bonds is 5. The molecule has 25 heavy (non-hydrogen) atoms. The molecule has 0 amide bonds. The van der Waals surface area contributed by atoms with Crippen molar-refractivity contribution in [2.45, 2.75) is 32.5 Å². The molecule has 5 heteroatoms. The van der Waals surface area contributed by atoms with Crippen LogP contribution in [0.15, 0.2) is 54.7 Å². The molecular formula is C20H25N5. The second-order valence-corrected chi connectivity index (χ2v) is 7.14.